The predicted molar refractivity (Wildman–Crippen MR) is 86.7 cm³/mol. The molecule has 0 fully saturated rings. The quantitative estimate of drug-likeness (QED) is 0.512. The molecule has 2 nitrogen and oxygen atoms in total. The first-order valence-electron chi connectivity index (χ1n) is 6.78. The maximum absolute atomic E-state index is 4.81. The highest BCUT2D eigenvalue weighted by Crippen LogP contribution is 2.40. The van der Waals surface area contributed by atoms with Crippen molar-refractivity contribution in [3.63, 3.8) is 0 Å². The van der Waals surface area contributed by atoms with Crippen LogP contribution in [0.5, 0.6) is 0 Å². The minimum Gasteiger partial charge on any atom is -0.221 e. The number of hydrogen-bond acceptors (Lipinski definition) is 4. The van der Waals surface area contributed by atoms with Crippen LogP contribution in [0.3, 0.4) is 0 Å². The van der Waals surface area contributed by atoms with Crippen LogP contribution in [0.25, 0.3) is 21.6 Å². The van der Waals surface area contributed by atoms with Gasteiger partial charge in [-0.05, 0) is 31.1 Å². The summed E-state index contributed by atoms with van der Waals surface area (Å²) in [5.74, 6) is 0.849. The first-order valence-corrected chi connectivity index (χ1v) is 8.82. The summed E-state index contributed by atoms with van der Waals surface area (Å²) in [5.41, 5.74) is 2.60. The molecule has 0 saturated carbocycles. The lowest BCUT2D eigenvalue weighted by Gasteiger charge is -2.05. The van der Waals surface area contributed by atoms with E-state index in [1.165, 1.54) is 35.1 Å². The third-order valence-corrected chi connectivity index (χ3v) is 5.62. The Kier molecular flexibility index (Phi) is 3.00. The van der Waals surface area contributed by atoms with Gasteiger partial charge < -0.3 is 0 Å². The topological polar surface area (TPSA) is 25.8 Å². The van der Waals surface area contributed by atoms with E-state index in [0.717, 1.165) is 21.2 Å². The maximum atomic E-state index is 4.81. The van der Waals surface area contributed by atoms with Crippen LogP contribution in [-0.4, -0.2) is 16.2 Å². The van der Waals surface area contributed by atoms with Gasteiger partial charge in [-0.15, -0.1) is 23.1 Å². The van der Waals surface area contributed by atoms with Gasteiger partial charge in [-0.2, -0.15) is 0 Å². The van der Waals surface area contributed by atoms with E-state index < -0.39 is 0 Å². The molecule has 100 valence electrons. The van der Waals surface area contributed by atoms with Gasteiger partial charge in [0.25, 0.3) is 0 Å². The summed E-state index contributed by atoms with van der Waals surface area (Å²) in [5, 5.41) is 2.45. The lowest BCUT2D eigenvalue weighted by Crippen LogP contribution is -1.92. The number of thioether (sulfide) groups is 1. The van der Waals surface area contributed by atoms with E-state index in [0.29, 0.717) is 0 Å². The zero-order valence-electron chi connectivity index (χ0n) is 11.2. The molecule has 0 N–H and O–H groups in total. The fourth-order valence-electron chi connectivity index (χ4n) is 2.83. The van der Waals surface area contributed by atoms with Crippen molar-refractivity contribution in [1.82, 2.24) is 9.97 Å². The highest BCUT2D eigenvalue weighted by atomic mass is 32.2. The molecule has 0 spiro atoms. The van der Waals surface area contributed by atoms with Gasteiger partial charge in [0.15, 0.2) is 5.82 Å². The molecule has 0 amide bonds. The summed E-state index contributed by atoms with van der Waals surface area (Å²) < 4.78 is 0. The van der Waals surface area contributed by atoms with Crippen molar-refractivity contribution in [2.24, 2.45) is 0 Å². The first-order chi connectivity index (χ1) is 9.86. The molecule has 0 unspecified atom stereocenters. The van der Waals surface area contributed by atoms with Crippen molar-refractivity contribution in [2.75, 3.05) is 6.26 Å². The summed E-state index contributed by atoms with van der Waals surface area (Å²) in [6.07, 6.45) is 5.79. The van der Waals surface area contributed by atoms with Crippen molar-refractivity contribution >= 4 is 33.3 Å². The van der Waals surface area contributed by atoms with Gasteiger partial charge in [-0.3, -0.25) is 0 Å². The summed E-state index contributed by atoms with van der Waals surface area (Å²) in [6.45, 7) is 0. The molecule has 3 aromatic rings. The zero-order valence-corrected chi connectivity index (χ0v) is 12.9. The van der Waals surface area contributed by atoms with Crippen molar-refractivity contribution < 1.29 is 0 Å². The Labute approximate surface area is 126 Å². The normalized spacial score (nSPS) is 13.8. The highest BCUT2D eigenvalue weighted by Gasteiger charge is 2.22. The monoisotopic (exact) mass is 298 g/mol. The van der Waals surface area contributed by atoms with Crippen LogP contribution in [0, 0.1) is 0 Å². The van der Waals surface area contributed by atoms with E-state index in [2.05, 4.69) is 18.4 Å². The molecule has 2 aromatic heterocycles. The number of aryl methyl sites for hydroxylation is 2. The minimum atomic E-state index is 0.849. The molecule has 0 bridgehead atoms. The van der Waals surface area contributed by atoms with Crippen LogP contribution < -0.4 is 0 Å². The number of fused-ring (bicyclic) bond motifs is 3. The largest absolute Gasteiger partial charge is 0.221 e. The lowest BCUT2D eigenvalue weighted by molar-refractivity contribution is 0.915. The van der Waals surface area contributed by atoms with Crippen LogP contribution in [0.1, 0.15) is 16.9 Å². The molecule has 1 aliphatic carbocycles. The highest BCUT2D eigenvalue weighted by molar-refractivity contribution is 7.98. The first kappa shape index (κ1) is 12.4. The molecule has 4 rings (SSSR count). The molecule has 0 saturated heterocycles. The fraction of sp³-hybridized carbons (Fsp3) is 0.250. The lowest BCUT2D eigenvalue weighted by atomic mass is 10.2. The van der Waals surface area contributed by atoms with Crippen LogP contribution >= 0.6 is 23.1 Å². The van der Waals surface area contributed by atoms with E-state index in [1.54, 1.807) is 11.8 Å². The number of hydrogen-bond donors (Lipinski definition) is 0. The van der Waals surface area contributed by atoms with Crippen molar-refractivity contribution in [1.29, 1.82) is 0 Å². The van der Waals surface area contributed by atoms with Gasteiger partial charge in [0.2, 0.25) is 0 Å². The van der Waals surface area contributed by atoms with E-state index >= 15 is 0 Å². The molecule has 4 heteroatoms. The smallest absolute Gasteiger partial charge is 0.162 e. The number of rotatable bonds is 2. The van der Waals surface area contributed by atoms with Gasteiger partial charge in [0.05, 0.1) is 0 Å². The average Bonchev–Trinajstić information content (AvgIpc) is 3.07. The Morgan fingerprint density at radius 1 is 1.10 bits per heavy atom. The van der Waals surface area contributed by atoms with Gasteiger partial charge >= 0.3 is 0 Å². The summed E-state index contributed by atoms with van der Waals surface area (Å²) in [4.78, 5) is 12.3. The second-order valence-corrected chi connectivity index (χ2v) is 6.84. The van der Waals surface area contributed by atoms with Crippen molar-refractivity contribution in [2.45, 2.75) is 24.3 Å². The van der Waals surface area contributed by atoms with Crippen molar-refractivity contribution in [3.8, 4) is 11.4 Å². The van der Waals surface area contributed by atoms with E-state index in [1.807, 2.05) is 29.5 Å². The Bertz CT molecular complexity index is 778. The maximum Gasteiger partial charge on any atom is 0.162 e. The second kappa shape index (κ2) is 4.86. The molecule has 2 heterocycles. The SMILES string of the molecule is CSc1nc(-c2ccccc2)nc2sc3c(c12)CCC3. The van der Waals surface area contributed by atoms with Gasteiger partial charge in [0, 0.05) is 15.8 Å². The Balaban J connectivity index is 1.98. The van der Waals surface area contributed by atoms with Crippen LogP contribution in [0.2, 0.25) is 0 Å². The molecule has 0 radical (unpaired) electrons. The Morgan fingerprint density at radius 2 is 1.95 bits per heavy atom. The molecular weight excluding hydrogens is 284 g/mol. The van der Waals surface area contributed by atoms with Gasteiger partial charge in [-0.1, -0.05) is 30.3 Å². The summed E-state index contributed by atoms with van der Waals surface area (Å²) in [7, 11) is 0. The zero-order chi connectivity index (χ0) is 13.5. The molecule has 20 heavy (non-hydrogen) atoms. The third-order valence-electron chi connectivity index (χ3n) is 3.76. The van der Waals surface area contributed by atoms with Crippen LogP contribution in [0.15, 0.2) is 35.4 Å². The third kappa shape index (κ3) is 1.86. The van der Waals surface area contributed by atoms with Gasteiger partial charge in [0.1, 0.15) is 9.86 Å². The van der Waals surface area contributed by atoms with Gasteiger partial charge in [-0.25, -0.2) is 9.97 Å². The number of benzene rings is 1. The van der Waals surface area contributed by atoms with E-state index in [4.69, 9.17) is 9.97 Å². The standard InChI is InChI=1S/C16H14N2S2/c1-19-15-13-11-8-5-9-12(11)20-16(13)18-14(17-15)10-6-3-2-4-7-10/h2-4,6-7H,5,8-9H2,1H3. The van der Waals surface area contributed by atoms with Crippen molar-refractivity contribution in [3.05, 3.63) is 40.8 Å². The Hall–Kier alpha value is -1.39. The molecule has 0 aliphatic heterocycles. The second-order valence-electron chi connectivity index (χ2n) is 4.96. The number of thiophene rings is 1. The molecule has 1 aromatic carbocycles. The predicted octanol–water partition coefficient (Wildman–Crippen LogP) is 4.57. The average molecular weight is 298 g/mol. The van der Waals surface area contributed by atoms with E-state index in [9.17, 15) is 0 Å². The fourth-order valence-corrected chi connectivity index (χ4v) is 4.75. The minimum absolute atomic E-state index is 0.849. The van der Waals surface area contributed by atoms with Crippen LogP contribution in [-0.2, 0) is 12.8 Å². The Morgan fingerprint density at radius 3 is 2.75 bits per heavy atom. The van der Waals surface area contributed by atoms with Crippen LogP contribution in [0.4, 0.5) is 0 Å². The summed E-state index contributed by atoms with van der Waals surface area (Å²) in [6, 6.07) is 10.3. The number of aromatic nitrogens is 2. The summed E-state index contributed by atoms with van der Waals surface area (Å²) >= 11 is 3.59. The molecular formula is C16H14N2S2. The molecule has 0 atom stereocenters. The van der Waals surface area contributed by atoms with E-state index in [-0.39, 0.29) is 0 Å². The molecule has 1 aliphatic rings. The number of nitrogens with zero attached hydrogens (tertiary/aromatic N) is 2.